The van der Waals surface area contributed by atoms with Crippen LogP contribution < -0.4 is 5.32 Å². The molecule has 1 aliphatic carbocycles. The highest BCUT2D eigenvalue weighted by atomic mass is 15.2. The van der Waals surface area contributed by atoms with Crippen molar-refractivity contribution in [3.63, 3.8) is 0 Å². The SMILES string of the molecule is CC1CCNC(C)(C)CN1C1CCCCCC1. The molecule has 0 aromatic rings. The summed E-state index contributed by atoms with van der Waals surface area (Å²) in [5.74, 6) is 0. The van der Waals surface area contributed by atoms with E-state index in [-0.39, 0.29) is 5.54 Å². The molecule has 2 nitrogen and oxygen atoms in total. The van der Waals surface area contributed by atoms with Crippen LogP contribution in [0.15, 0.2) is 0 Å². The zero-order valence-corrected chi connectivity index (χ0v) is 12.0. The van der Waals surface area contributed by atoms with Gasteiger partial charge < -0.3 is 5.32 Å². The maximum atomic E-state index is 3.69. The molecule has 2 aliphatic rings. The lowest BCUT2D eigenvalue weighted by atomic mass is 10.00. The van der Waals surface area contributed by atoms with Crippen LogP contribution in [0.1, 0.15) is 65.7 Å². The van der Waals surface area contributed by atoms with Crippen molar-refractivity contribution in [3.8, 4) is 0 Å². The molecule has 17 heavy (non-hydrogen) atoms. The Morgan fingerprint density at radius 1 is 1.00 bits per heavy atom. The first-order chi connectivity index (χ1) is 8.08. The van der Waals surface area contributed by atoms with E-state index in [1.807, 2.05) is 0 Å². The average molecular weight is 238 g/mol. The normalized spacial score (nSPS) is 33.0. The first kappa shape index (κ1) is 13.4. The fourth-order valence-electron chi connectivity index (χ4n) is 3.53. The van der Waals surface area contributed by atoms with Crippen molar-refractivity contribution >= 4 is 0 Å². The minimum absolute atomic E-state index is 0.289. The lowest BCUT2D eigenvalue weighted by Gasteiger charge is -2.38. The summed E-state index contributed by atoms with van der Waals surface area (Å²) >= 11 is 0. The van der Waals surface area contributed by atoms with Crippen molar-refractivity contribution in [2.24, 2.45) is 0 Å². The molecule has 2 rings (SSSR count). The maximum absolute atomic E-state index is 3.69. The van der Waals surface area contributed by atoms with Crippen LogP contribution in [0.2, 0.25) is 0 Å². The summed E-state index contributed by atoms with van der Waals surface area (Å²) < 4.78 is 0. The van der Waals surface area contributed by atoms with Crippen LogP contribution in [0.25, 0.3) is 0 Å². The molecule has 0 spiro atoms. The minimum Gasteiger partial charge on any atom is -0.310 e. The van der Waals surface area contributed by atoms with E-state index in [9.17, 15) is 0 Å². The van der Waals surface area contributed by atoms with Crippen LogP contribution >= 0.6 is 0 Å². The van der Waals surface area contributed by atoms with E-state index >= 15 is 0 Å². The van der Waals surface area contributed by atoms with Gasteiger partial charge in [0.1, 0.15) is 0 Å². The number of hydrogen-bond donors (Lipinski definition) is 1. The molecular formula is C15H30N2. The molecule has 0 radical (unpaired) electrons. The van der Waals surface area contributed by atoms with Gasteiger partial charge in [0.15, 0.2) is 0 Å². The Bertz CT molecular complexity index is 229. The van der Waals surface area contributed by atoms with Crippen molar-refractivity contribution in [3.05, 3.63) is 0 Å². The van der Waals surface area contributed by atoms with Gasteiger partial charge >= 0.3 is 0 Å². The molecule has 1 saturated carbocycles. The average Bonchev–Trinajstić information content (AvgIpc) is 2.59. The van der Waals surface area contributed by atoms with E-state index in [1.54, 1.807) is 0 Å². The van der Waals surface area contributed by atoms with Gasteiger partial charge in [-0.15, -0.1) is 0 Å². The van der Waals surface area contributed by atoms with Gasteiger partial charge in [-0.2, -0.15) is 0 Å². The highest BCUT2D eigenvalue weighted by Crippen LogP contribution is 2.27. The van der Waals surface area contributed by atoms with Crippen molar-refractivity contribution in [1.82, 2.24) is 10.2 Å². The number of nitrogens with one attached hydrogen (secondary N) is 1. The molecule has 1 heterocycles. The molecule has 0 aromatic carbocycles. The number of nitrogens with zero attached hydrogens (tertiary/aromatic N) is 1. The summed E-state index contributed by atoms with van der Waals surface area (Å²) in [6, 6.07) is 1.61. The Morgan fingerprint density at radius 3 is 2.29 bits per heavy atom. The predicted octanol–water partition coefficient (Wildman–Crippen LogP) is 3.17. The molecule has 0 amide bonds. The van der Waals surface area contributed by atoms with Crippen molar-refractivity contribution in [2.75, 3.05) is 13.1 Å². The fraction of sp³-hybridized carbons (Fsp3) is 1.00. The molecule has 2 heteroatoms. The third-order valence-electron chi connectivity index (χ3n) is 4.60. The van der Waals surface area contributed by atoms with E-state index < -0.39 is 0 Å². The second-order valence-corrected chi connectivity index (χ2v) is 6.77. The molecule has 1 atom stereocenters. The number of rotatable bonds is 1. The monoisotopic (exact) mass is 238 g/mol. The van der Waals surface area contributed by atoms with E-state index in [1.165, 1.54) is 58.0 Å². The summed E-state index contributed by atoms with van der Waals surface area (Å²) in [6.45, 7) is 9.54. The van der Waals surface area contributed by atoms with Gasteiger partial charge in [0.2, 0.25) is 0 Å². The summed E-state index contributed by atoms with van der Waals surface area (Å²) in [6.07, 6.45) is 9.98. The smallest absolute Gasteiger partial charge is 0.0252 e. The zero-order valence-electron chi connectivity index (χ0n) is 12.0. The third-order valence-corrected chi connectivity index (χ3v) is 4.60. The van der Waals surface area contributed by atoms with E-state index in [2.05, 4.69) is 31.0 Å². The van der Waals surface area contributed by atoms with Crippen molar-refractivity contribution in [1.29, 1.82) is 0 Å². The molecular weight excluding hydrogens is 208 g/mol. The van der Waals surface area contributed by atoms with Crippen LogP contribution in [0.5, 0.6) is 0 Å². The summed E-state index contributed by atoms with van der Waals surface area (Å²) in [5.41, 5.74) is 0.289. The Balaban J connectivity index is 2.04. The van der Waals surface area contributed by atoms with Crippen molar-refractivity contribution < 1.29 is 0 Å². The first-order valence-corrected chi connectivity index (χ1v) is 7.59. The summed E-state index contributed by atoms with van der Waals surface area (Å²) in [4.78, 5) is 2.81. The summed E-state index contributed by atoms with van der Waals surface area (Å²) in [5, 5.41) is 3.69. The zero-order chi connectivity index (χ0) is 12.3. The van der Waals surface area contributed by atoms with Crippen molar-refractivity contribution in [2.45, 2.75) is 83.3 Å². The molecule has 2 fully saturated rings. The van der Waals surface area contributed by atoms with Crippen LogP contribution in [-0.2, 0) is 0 Å². The highest BCUT2D eigenvalue weighted by Gasteiger charge is 2.32. The first-order valence-electron chi connectivity index (χ1n) is 7.59. The standard InChI is InChI=1S/C15H30N2/c1-13-10-11-16-15(2,3)12-17(13)14-8-6-4-5-7-9-14/h13-14,16H,4-12H2,1-3H3. The Hall–Kier alpha value is -0.0800. The molecule has 1 unspecified atom stereocenters. The lowest BCUT2D eigenvalue weighted by molar-refractivity contribution is 0.111. The van der Waals surface area contributed by atoms with Gasteiger partial charge in [0.25, 0.3) is 0 Å². The minimum atomic E-state index is 0.289. The Kier molecular flexibility index (Phi) is 4.48. The largest absolute Gasteiger partial charge is 0.310 e. The van der Waals surface area contributed by atoms with E-state index in [4.69, 9.17) is 0 Å². The molecule has 1 saturated heterocycles. The molecule has 0 bridgehead atoms. The van der Waals surface area contributed by atoms with Gasteiger partial charge in [-0.25, -0.2) is 0 Å². The van der Waals surface area contributed by atoms with Gasteiger partial charge in [0.05, 0.1) is 0 Å². The van der Waals surface area contributed by atoms with Gasteiger partial charge in [-0.1, -0.05) is 25.7 Å². The fourth-order valence-corrected chi connectivity index (χ4v) is 3.53. The molecule has 0 aromatic heterocycles. The van der Waals surface area contributed by atoms with E-state index in [0.717, 1.165) is 12.1 Å². The van der Waals surface area contributed by atoms with Gasteiger partial charge in [-0.05, 0) is 46.6 Å². The summed E-state index contributed by atoms with van der Waals surface area (Å²) in [7, 11) is 0. The van der Waals surface area contributed by atoms with Crippen LogP contribution in [0.4, 0.5) is 0 Å². The second kappa shape index (κ2) is 5.71. The number of hydrogen-bond acceptors (Lipinski definition) is 2. The Morgan fingerprint density at radius 2 is 1.65 bits per heavy atom. The van der Waals surface area contributed by atoms with Crippen LogP contribution in [0.3, 0.4) is 0 Å². The quantitative estimate of drug-likeness (QED) is 0.706. The second-order valence-electron chi connectivity index (χ2n) is 6.77. The molecule has 1 N–H and O–H groups in total. The van der Waals surface area contributed by atoms with Gasteiger partial charge in [0, 0.05) is 24.2 Å². The van der Waals surface area contributed by atoms with Crippen LogP contribution in [-0.4, -0.2) is 35.6 Å². The van der Waals surface area contributed by atoms with E-state index in [0.29, 0.717) is 0 Å². The molecule has 1 aliphatic heterocycles. The topological polar surface area (TPSA) is 15.3 Å². The lowest BCUT2D eigenvalue weighted by Crippen LogP contribution is -2.50. The predicted molar refractivity (Wildman–Crippen MR) is 74.4 cm³/mol. The molecule has 100 valence electrons. The van der Waals surface area contributed by atoms with Gasteiger partial charge in [-0.3, -0.25) is 4.90 Å². The van der Waals surface area contributed by atoms with Crippen LogP contribution in [0, 0.1) is 0 Å². The highest BCUT2D eigenvalue weighted by molar-refractivity contribution is 4.91. The Labute approximate surface area is 107 Å². The maximum Gasteiger partial charge on any atom is 0.0252 e. The third kappa shape index (κ3) is 3.69.